The number of carbonyl (C=O) groups is 1. The fraction of sp³-hybridized carbons (Fsp3) is 0.0714. The van der Waals surface area contributed by atoms with Crippen LogP contribution in [0.4, 0.5) is 5.69 Å². The van der Waals surface area contributed by atoms with Gasteiger partial charge >= 0.3 is 0 Å². The molecule has 0 bridgehead atoms. The van der Waals surface area contributed by atoms with Crippen LogP contribution in [0.2, 0.25) is 15.1 Å². The fourth-order valence-corrected chi connectivity index (χ4v) is 2.25. The number of ketones is 1. The molecule has 0 amide bonds. The molecule has 2 nitrogen and oxygen atoms in total. The molecule has 0 aliphatic rings. The third-order valence-corrected chi connectivity index (χ3v) is 3.62. The van der Waals surface area contributed by atoms with Crippen molar-refractivity contribution >= 4 is 46.3 Å². The first-order valence-corrected chi connectivity index (χ1v) is 6.63. The first-order chi connectivity index (χ1) is 8.97. The molecule has 0 radical (unpaired) electrons. The van der Waals surface area contributed by atoms with Crippen LogP contribution < -0.4 is 5.73 Å². The van der Waals surface area contributed by atoms with Crippen LogP contribution in [-0.2, 0) is 6.42 Å². The van der Waals surface area contributed by atoms with Gasteiger partial charge in [0, 0.05) is 22.0 Å². The van der Waals surface area contributed by atoms with Crippen LogP contribution in [0, 0.1) is 0 Å². The van der Waals surface area contributed by atoms with E-state index in [4.69, 9.17) is 40.5 Å². The van der Waals surface area contributed by atoms with Crippen molar-refractivity contribution in [3.05, 3.63) is 62.6 Å². The van der Waals surface area contributed by atoms with Crippen LogP contribution in [0.3, 0.4) is 0 Å². The Morgan fingerprint density at radius 2 is 1.74 bits per heavy atom. The lowest BCUT2D eigenvalue weighted by atomic mass is 10.0. The third kappa shape index (κ3) is 3.41. The number of nitrogens with two attached hydrogens (primary N) is 1. The summed E-state index contributed by atoms with van der Waals surface area (Å²) >= 11 is 17.7. The molecule has 19 heavy (non-hydrogen) atoms. The molecule has 2 aromatic carbocycles. The Labute approximate surface area is 126 Å². The molecular formula is C14H10Cl3NO. The highest BCUT2D eigenvalue weighted by molar-refractivity contribution is 6.35. The Morgan fingerprint density at radius 3 is 2.37 bits per heavy atom. The molecule has 2 rings (SSSR count). The number of rotatable bonds is 3. The summed E-state index contributed by atoms with van der Waals surface area (Å²) in [5.41, 5.74) is 7.29. The van der Waals surface area contributed by atoms with Crippen molar-refractivity contribution in [2.24, 2.45) is 0 Å². The summed E-state index contributed by atoms with van der Waals surface area (Å²) in [6.07, 6.45) is 0.192. The molecule has 5 heteroatoms. The second-order valence-corrected chi connectivity index (χ2v) is 5.32. The summed E-state index contributed by atoms with van der Waals surface area (Å²) in [6.45, 7) is 0. The van der Waals surface area contributed by atoms with Crippen molar-refractivity contribution in [1.82, 2.24) is 0 Å². The maximum absolute atomic E-state index is 12.1. The molecule has 0 aliphatic heterocycles. The highest BCUT2D eigenvalue weighted by atomic mass is 35.5. The van der Waals surface area contributed by atoms with Crippen LogP contribution in [0.15, 0.2) is 36.4 Å². The summed E-state index contributed by atoms with van der Waals surface area (Å²) in [7, 11) is 0. The van der Waals surface area contributed by atoms with E-state index in [1.807, 2.05) is 0 Å². The van der Waals surface area contributed by atoms with Crippen LogP contribution >= 0.6 is 34.8 Å². The van der Waals surface area contributed by atoms with Gasteiger partial charge in [-0.3, -0.25) is 4.79 Å². The summed E-state index contributed by atoms with van der Waals surface area (Å²) in [5.74, 6) is -0.0763. The minimum absolute atomic E-state index is 0.0763. The van der Waals surface area contributed by atoms with E-state index in [0.29, 0.717) is 26.3 Å². The predicted octanol–water partition coefficient (Wildman–Crippen LogP) is 4.65. The van der Waals surface area contributed by atoms with E-state index in [0.717, 1.165) is 5.56 Å². The lowest BCUT2D eigenvalue weighted by Gasteiger charge is -2.06. The van der Waals surface area contributed by atoms with Gasteiger partial charge in [-0.05, 0) is 35.9 Å². The largest absolute Gasteiger partial charge is 0.398 e. The zero-order chi connectivity index (χ0) is 14.0. The van der Waals surface area contributed by atoms with Gasteiger partial charge in [-0.2, -0.15) is 0 Å². The van der Waals surface area contributed by atoms with Gasteiger partial charge in [0.15, 0.2) is 5.78 Å². The average molecular weight is 315 g/mol. The van der Waals surface area contributed by atoms with Gasteiger partial charge in [0.1, 0.15) is 0 Å². The molecule has 0 saturated heterocycles. The number of Topliss-reactive ketones (excluding diaryl/α,β-unsaturated/α-hetero) is 1. The summed E-state index contributed by atoms with van der Waals surface area (Å²) in [6, 6.07) is 9.86. The highest BCUT2D eigenvalue weighted by Crippen LogP contribution is 2.24. The van der Waals surface area contributed by atoms with Crippen LogP contribution in [-0.4, -0.2) is 5.78 Å². The first kappa shape index (κ1) is 14.2. The minimum atomic E-state index is -0.0763. The molecule has 0 aromatic heterocycles. The molecule has 0 aliphatic carbocycles. The van der Waals surface area contributed by atoms with Crippen molar-refractivity contribution < 1.29 is 4.79 Å². The van der Waals surface area contributed by atoms with Crippen LogP contribution in [0.5, 0.6) is 0 Å². The van der Waals surface area contributed by atoms with Gasteiger partial charge in [0.05, 0.1) is 10.7 Å². The first-order valence-electron chi connectivity index (χ1n) is 5.49. The molecule has 2 aromatic rings. The Balaban J connectivity index is 2.23. The van der Waals surface area contributed by atoms with Crippen LogP contribution in [0.25, 0.3) is 0 Å². The lowest BCUT2D eigenvalue weighted by Crippen LogP contribution is -2.05. The number of halogens is 3. The average Bonchev–Trinajstić information content (AvgIpc) is 2.36. The Hall–Kier alpha value is -1.22. The number of carbonyl (C=O) groups excluding carboxylic acids is 1. The van der Waals surface area contributed by atoms with Crippen molar-refractivity contribution in [2.45, 2.75) is 6.42 Å². The van der Waals surface area contributed by atoms with Gasteiger partial charge in [0.2, 0.25) is 0 Å². The van der Waals surface area contributed by atoms with Crippen molar-refractivity contribution in [3.8, 4) is 0 Å². The van der Waals surface area contributed by atoms with E-state index >= 15 is 0 Å². The van der Waals surface area contributed by atoms with Gasteiger partial charge in [-0.1, -0.05) is 40.9 Å². The maximum atomic E-state index is 12.1. The van der Waals surface area contributed by atoms with Crippen molar-refractivity contribution in [3.63, 3.8) is 0 Å². The molecule has 0 fully saturated rings. The maximum Gasteiger partial charge on any atom is 0.167 e. The smallest absolute Gasteiger partial charge is 0.167 e. The molecule has 0 heterocycles. The summed E-state index contributed by atoms with van der Waals surface area (Å²) in [5, 5.41) is 1.45. The van der Waals surface area contributed by atoms with Crippen LogP contribution in [0.1, 0.15) is 15.9 Å². The van der Waals surface area contributed by atoms with E-state index in [9.17, 15) is 4.79 Å². The molecule has 98 valence electrons. The van der Waals surface area contributed by atoms with Crippen molar-refractivity contribution in [1.29, 1.82) is 0 Å². The van der Waals surface area contributed by atoms with Gasteiger partial charge < -0.3 is 5.73 Å². The molecule has 0 atom stereocenters. The Morgan fingerprint density at radius 1 is 1.00 bits per heavy atom. The topological polar surface area (TPSA) is 43.1 Å². The molecule has 2 N–H and O–H groups in total. The minimum Gasteiger partial charge on any atom is -0.398 e. The molecule has 0 unspecified atom stereocenters. The van der Waals surface area contributed by atoms with E-state index < -0.39 is 0 Å². The summed E-state index contributed by atoms with van der Waals surface area (Å²) < 4.78 is 0. The molecular weight excluding hydrogens is 305 g/mol. The Kier molecular flexibility index (Phi) is 4.35. The van der Waals surface area contributed by atoms with Crippen molar-refractivity contribution in [2.75, 3.05) is 5.73 Å². The quantitative estimate of drug-likeness (QED) is 0.661. The number of hydrogen-bond donors (Lipinski definition) is 1. The van der Waals surface area contributed by atoms with Gasteiger partial charge in [-0.15, -0.1) is 0 Å². The monoisotopic (exact) mass is 313 g/mol. The second-order valence-electron chi connectivity index (χ2n) is 4.07. The fourth-order valence-electron chi connectivity index (χ4n) is 1.66. The van der Waals surface area contributed by atoms with E-state index in [-0.39, 0.29) is 12.2 Å². The zero-order valence-electron chi connectivity index (χ0n) is 9.79. The zero-order valence-corrected chi connectivity index (χ0v) is 12.1. The molecule has 0 spiro atoms. The standard InChI is InChI=1S/C14H10Cl3NO/c15-10-3-1-8(12(17)7-10)6-14(19)9-2-4-11(16)13(18)5-9/h1-5,7H,6,18H2. The Bertz CT molecular complexity index is 641. The van der Waals surface area contributed by atoms with E-state index in [1.54, 1.807) is 36.4 Å². The van der Waals surface area contributed by atoms with E-state index in [1.165, 1.54) is 0 Å². The van der Waals surface area contributed by atoms with Gasteiger partial charge in [0.25, 0.3) is 0 Å². The van der Waals surface area contributed by atoms with Gasteiger partial charge in [-0.25, -0.2) is 0 Å². The number of hydrogen-bond acceptors (Lipinski definition) is 2. The highest BCUT2D eigenvalue weighted by Gasteiger charge is 2.11. The third-order valence-electron chi connectivity index (χ3n) is 2.68. The van der Waals surface area contributed by atoms with E-state index in [2.05, 4.69) is 0 Å². The lowest BCUT2D eigenvalue weighted by molar-refractivity contribution is 0.0993. The second kappa shape index (κ2) is 5.83. The number of anilines is 1. The summed E-state index contributed by atoms with van der Waals surface area (Å²) in [4.78, 5) is 12.1. The number of benzene rings is 2. The normalized spacial score (nSPS) is 10.5. The number of nitrogen functional groups attached to an aromatic ring is 1. The predicted molar refractivity (Wildman–Crippen MR) is 80.4 cm³/mol. The molecule has 0 saturated carbocycles. The SMILES string of the molecule is Nc1cc(C(=O)Cc2ccc(Cl)cc2Cl)ccc1Cl.